The Morgan fingerprint density at radius 2 is 2.00 bits per heavy atom. The van der Waals surface area contributed by atoms with Crippen LogP contribution in [0.2, 0.25) is 0 Å². The fourth-order valence-corrected chi connectivity index (χ4v) is 3.93. The van der Waals surface area contributed by atoms with Crippen LogP contribution in [0.3, 0.4) is 0 Å². The summed E-state index contributed by atoms with van der Waals surface area (Å²) >= 11 is 0. The van der Waals surface area contributed by atoms with Gasteiger partial charge in [0.25, 0.3) is 0 Å². The van der Waals surface area contributed by atoms with Gasteiger partial charge in [0.1, 0.15) is 10.6 Å². The van der Waals surface area contributed by atoms with Crippen LogP contribution >= 0.6 is 12.4 Å². The van der Waals surface area contributed by atoms with Gasteiger partial charge in [-0.05, 0) is 25.2 Å². The quantitative estimate of drug-likeness (QED) is 0.707. The number of morpholine rings is 1. The molecule has 0 atom stereocenters. The normalized spacial score (nSPS) is 15.3. The number of ether oxygens (including phenoxy) is 2. The van der Waals surface area contributed by atoms with Gasteiger partial charge in [-0.3, -0.25) is 4.79 Å². The second kappa shape index (κ2) is 9.93. The molecule has 1 aliphatic heterocycles. The lowest BCUT2D eigenvalue weighted by Crippen LogP contribution is -2.40. The number of sulfonamides is 1. The van der Waals surface area contributed by atoms with Crippen molar-refractivity contribution in [1.29, 1.82) is 0 Å². The van der Waals surface area contributed by atoms with Crippen LogP contribution in [0.1, 0.15) is 6.42 Å². The standard InChI is InChI=1S/C15H23N3O5S.ClH/c1-16-6-5-15(19)17-12-3-4-13(22-2)14(11-12)24(20,21)18-7-9-23-10-8-18;/h3-4,11,16H,5-10H2,1-2H3,(H,17,19);1H. The molecule has 2 N–H and O–H groups in total. The van der Waals surface area contributed by atoms with Crippen molar-refractivity contribution in [3.63, 3.8) is 0 Å². The van der Waals surface area contributed by atoms with Crippen molar-refractivity contribution < 1.29 is 22.7 Å². The van der Waals surface area contributed by atoms with Crippen molar-refractivity contribution in [3.05, 3.63) is 18.2 Å². The number of methoxy groups -OCH3 is 1. The number of anilines is 1. The lowest BCUT2D eigenvalue weighted by molar-refractivity contribution is -0.116. The third-order valence-corrected chi connectivity index (χ3v) is 5.56. The zero-order valence-corrected chi connectivity index (χ0v) is 15.9. The number of amides is 1. The van der Waals surface area contributed by atoms with E-state index in [0.29, 0.717) is 45.0 Å². The predicted molar refractivity (Wildman–Crippen MR) is 97.0 cm³/mol. The molecule has 0 spiro atoms. The highest BCUT2D eigenvalue weighted by molar-refractivity contribution is 7.89. The molecular formula is C15H24ClN3O5S. The minimum absolute atomic E-state index is 0. The van der Waals surface area contributed by atoms with Gasteiger partial charge in [-0.15, -0.1) is 12.4 Å². The highest BCUT2D eigenvalue weighted by atomic mass is 35.5. The molecule has 1 fully saturated rings. The molecule has 8 nitrogen and oxygen atoms in total. The largest absolute Gasteiger partial charge is 0.495 e. The first-order valence-corrected chi connectivity index (χ1v) is 9.13. The number of hydrogen-bond acceptors (Lipinski definition) is 6. The Kier molecular flexibility index (Phi) is 8.60. The molecule has 25 heavy (non-hydrogen) atoms. The average molecular weight is 394 g/mol. The summed E-state index contributed by atoms with van der Waals surface area (Å²) < 4.78 is 37.4. The van der Waals surface area contributed by atoms with Crippen LogP contribution in [-0.2, 0) is 19.6 Å². The molecule has 0 bridgehead atoms. The number of carbonyl (C=O) groups excluding carboxylic acids is 1. The Labute approximate surface area is 154 Å². The van der Waals surface area contributed by atoms with Gasteiger partial charge >= 0.3 is 0 Å². The Balaban J connectivity index is 0.00000312. The van der Waals surface area contributed by atoms with Gasteiger partial charge in [0.05, 0.1) is 20.3 Å². The fraction of sp³-hybridized carbons (Fsp3) is 0.533. The molecule has 1 amide bonds. The number of halogens is 1. The second-order valence-corrected chi connectivity index (χ2v) is 7.19. The van der Waals surface area contributed by atoms with Gasteiger partial charge in [-0.25, -0.2) is 8.42 Å². The molecule has 1 saturated heterocycles. The lowest BCUT2D eigenvalue weighted by Gasteiger charge is -2.26. The Hall–Kier alpha value is -1.39. The van der Waals surface area contributed by atoms with Gasteiger partial charge in [-0.2, -0.15) is 4.31 Å². The van der Waals surface area contributed by atoms with E-state index in [1.165, 1.54) is 17.5 Å². The maximum absolute atomic E-state index is 12.8. The van der Waals surface area contributed by atoms with E-state index in [2.05, 4.69) is 10.6 Å². The summed E-state index contributed by atoms with van der Waals surface area (Å²) in [7, 11) is -0.542. The fourth-order valence-electron chi connectivity index (χ4n) is 2.34. The number of benzene rings is 1. The molecule has 2 rings (SSSR count). The van der Waals surface area contributed by atoms with E-state index >= 15 is 0 Å². The lowest BCUT2D eigenvalue weighted by atomic mass is 10.3. The zero-order valence-electron chi connectivity index (χ0n) is 14.3. The molecule has 0 radical (unpaired) electrons. The summed E-state index contributed by atoms with van der Waals surface area (Å²) in [6, 6.07) is 4.59. The number of hydrogen-bond donors (Lipinski definition) is 2. The van der Waals surface area contributed by atoms with Gasteiger partial charge in [0.2, 0.25) is 15.9 Å². The molecular weight excluding hydrogens is 370 g/mol. The van der Waals surface area contributed by atoms with Gasteiger partial charge in [-0.1, -0.05) is 0 Å². The van der Waals surface area contributed by atoms with Crippen molar-refractivity contribution in [2.45, 2.75) is 11.3 Å². The van der Waals surface area contributed by atoms with Crippen LogP contribution in [0.5, 0.6) is 5.75 Å². The van der Waals surface area contributed by atoms with Gasteiger partial charge in [0.15, 0.2) is 0 Å². The molecule has 0 aliphatic carbocycles. The third-order valence-electron chi connectivity index (χ3n) is 3.64. The number of carbonyl (C=O) groups is 1. The predicted octanol–water partition coefficient (Wildman–Crippen LogP) is 0.686. The maximum Gasteiger partial charge on any atom is 0.246 e. The van der Waals surface area contributed by atoms with E-state index in [4.69, 9.17) is 9.47 Å². The molecule has 0 aromatic heterocycles. The third kappa shape index (κ3) is 5.55. The minimum Gasteiger partial charge on any atom is -0.495 e. The van der Waals surface area contributed by atoms with Crippen LogP contribution < -0.4 is 15.4 Å². The number of nitrogens with one attached hydrogen (secondary N) is 2. The van der Waals surface area contributed by atoms with E-state index < -0.39 is 10.0 Å². The summed E-state index contributed by atoms with van der Waals surface area (Å²) in [4.78, 5) is 11.9. The average Bonchev–Trinajstić information content (AvgIpc) is 2.60. The van der Waals surface area contributed by atoms with E-state index in [-0.39, 0.29) is 29.0 Å². The van der Waals surface area contributed by atoms with Crippen LogP contribution in [0.15, 0.2) is 23.1 Å². The first kappa shape index (κ1) is 21.7. The van der Waals surface area contributed by atoms with Gasteiger partial charge < -0.3 is 20.1 Å². The van der Waals surface area contributed by atoms with Crippen molar-refractivity contribution in [2.24, 2.45) is 0 Å². The zero-order chi connectivity index (χ0) is 17.6. The monoisotopic (exact) mass is 393 g/mol. The summed E-state index contributed by atoms with van der Waals surface area (Å²) in [5.74, 6) is 0.0546. The molecule has 0 unspecified atom stereocenters. The highest BCUT2D eigenvalue weighted by Crippen LogP contribution is 2.30. The maximum atomic E-state index is 12.8. The summed E-state index contributed by atoms with van der Waals surface area (Å²) in [6.45, 7) is 1.86. The first-order valence-electron chi connectivity index (χ1n) is 7.69. The Morgan fingerprint density at radius 1 is 1.32 bits per heavy atom. The van der Waals surface area contributed by atoms with Crippen LogP contribution in [0.4, 0.5) is 5.69 Å². The van der Waals surface area contributed by atoms with Crippen LogP contribution in [-0.4, -0.2) is 65.6 Å². The van der Waals surface area contributed by atoms with E-state index in [1.54, 1.807) is 19.2 Å². The summed E-state index contributed by atoms with van der Waals surface area (Å²) in [5, 5.41) is 5.59. The topological polar surface area (TPSA) is 97.0 Å². The Morgan fingerprint density at radius 3 is 2.60 bits per heavy atom. The van der Waals surface area contributed by atoms with Crippen molar-refractivity contribution in [2.75, 3.05) is 52.3 Å². The molecule has 142 valence electrons. The Bertz CT molecular complexity index is 678. The van der Waals surface area contributed by atoms with E-state index in [0.717, 1.165) is 0 Å². The number of rotatable bonds is 7. The van der Waals surface area contributed by atoms with Crippen molar-refractivity contribution in [3.8, 4) is 5.75 Å². The summed E-state index contributed by atoms with van der Waals surface area (Å²) in [5.41, 5.74) is 0.420. The first-order chi connectivity index (χ1) is 11.5. The number of nitrogens with zero attached hydrogens (tertiary/aromatic N) is 1. The smallest absolute Gasteiger partial charge is 0.246 e. The summed E-state index contributed by atoms with van der Waals surface area (Å²) in [6.07, 6.45) is 0.300. The van der Waals surface area contributed by atoms with E-state index in [9.17, 15) is 13.2 Å². The van der Waals surface area contributed by atoms with Crippen LogP contribution in [0, 0.1) is 0 Å². The molecule has 10 heteroatoms. The highest BCUT2D eigenvalue weighted by Gasteiger charge is 2.29. The molecule has 1 aromatic carbocycles. The SMILES string of the molecule is CNCCC(=O)Nc1ccc(OC)c(S(=O)(=O)N2CCOCC2)c1.Cl. The van der Waals surface area contributed by atoms with Crippen LogP contribution in [0.25, 0.3) is 0 Å². The molecule has 1 aromatic rings. The molecule has 1 aliphatic rings. The molecule has 0 saturated carbocycles. The van der Waals surface area contributed by atoms with Crippen molar-refractivity contribution >= 4 is 34.0 Å². The van der Waals surface area contributed by atoms with Gasteiger partial charge in [0, 0.05) is 31.7 Å². The van der Waals surface area contributed by atoms with E-state index in [1.807, 2.05) is 0 Å². The minimum atomic E-state index is -3.72. The molecule has 1 heterocycles. The van der Waals surface area contributed by atoms with Crippen molar-refractivity contribution in [1.82, 2.24) is 9.62 Å². The second-order valence-electron chi connectivity index (χ2n) is 5.28.